The molecule has 0 spiro atoms. The van der Waals surface area contributed by atoms with Crippen LogP contribution >= 0.6 is 0 Å². The Bertz CT molecular complexity index is 835. The van der Waals surface area contributed by atoms with Gasteiger partial charge < -0.3 is 27.0 Å². The van der Waals surface area contributed by atoms with Gasteiger partial charge in [-0.15, -0.1) is 0 Å². The predicted molar refractivity (Wildman–Crippen MR) is 94.7 cm³/mol. The van der Waals surface area contributed by atoms with Crippen molar-refractivity contribution in [1.29, 1.82) is 0 Å². The summed E-state index contributed by atoms with van der Waals surface area (Å²) in [6.07, 6.45) is 6.32. The lowest BCUT2D eigenvalue weighted by Gasteiger charge is -2.27. The summed E-state index contributed by atoms with van der Waals surface area (Å²) < 4.78 is 7.95. The first kappa shape index (κ1) is 18.0. The highest BCUT2D eigenvalue weighted by molar-refractivity contribution is 5.89. The van der Waals surface area contributed by atoms with Crippen LogP contribution in [0.4, 0.5) is 0 Å². The van der Waals surface area contributed by atoms with Gasteiger partial charge in [-0.2, -0.15) is 0 Å². The lowest BCUT2D eigenvalue weighted by molar-refractivity contribution is -0.121. The first-order chi connectivity index (χ1) is 12.3. The summed E-state index contributed by atoms with van der Waals surface area (Å²) in [4.78, 5) is 16.9. The molecule has 26 heavy (non-hydrogen) atoms. The number of nitrogens with zero attached hydrogens (tertiary/aromatic N) is 2. The third-order valence-corrected chi connectivity index (χ3v) is 4.39. The third kappa shape index (κ3) is 3.58. The molecule has 6 heteroatoms. The number of benzene rings is 2. The standard InChI is InChI=1S/C20H19N3O2.ClH/c24-20(22-10-5-12-23-13-11-21-14-23)19-15-6-1-3-8-17(15)25-18-9-4-2-7-16(18)19;/h1-4,6-9,11,13-14,19H,5,10,12H2,(H,22,24);1H/p-1. The van der Waals surface area contributed by atoms with Crippen LogP contribution in [0.15, 0.2) is 67.3 Å². The summed E-state index contributed by atoms with van der Waals surface area (Å²) in [5.74, 6) is 1.17. The first-order valence-electron chi connectivity index (χ1n) is 8.42. The Balaban J connectivity index is 0.00000196. The molecule has 4 rings (SSSR count). The molecular formula is C20H19ClN3O2-. The predicted octanol–water partition coefficient (Wildman–Crippen LogP) is 0.331. The Morgan fingerprint density at radius 3 is 2.35 bits per heavy atom. The lowest BCUT2D eigenvalue weighted by Crippen LogP contribution is -3.00. The van der Waals surface area contributed by atoms with Crippen molar-refractivity contribution >= 4 is 5.91 Å². The van der Waals surface area contributed by atoms with Gasteiger partial charge in [-0.25, -0.2) is 4.98 Å². The van der Waals surface area contributed by atoms with Crippen molar-refractivity contribution in [3.8, 4) is 11.5 Å². The minimum absolute atomic E-state index is 0. The van der Waals surface area contributed by atoms with Crippen LogP contribution in [-0.2, 0) is 11.3 Å². The van der Waals surface area contributed by atoms with Crippen LogP contribution in [0.1, 0.15) is 23.5 Å². The van der Waals surface area contributed by atoms with Gasteiger partial charge >= 0.3 is 0 Å². The average molecular weight is 369 g/mol. The molecule has 0 radical (unpaired) electrons. The fourth-order valence-corrected chi connectivity index (χ4v) is 3.19. The molecule has 3 aromatic rings. The van der Waals surface area contributed by atoms with E-state index >= 15 is 0 Å². The van der Waals surface area contributed by atoms with Gasteiger partial charge in [0.25, 0.3) is 0 Å². The van der Waals surface area contributed by atoms with Crippen molar-refractivity contribution in [3.05, 3.63) is 78.4 Å². The van der Waals surface area contributed by atoms with E-state index in [-0.39, 0.29) is 24.2 Å². The van der Waals surface area contributed by atoms with Crippen molar-refractivity contribution in [2.24, 2.45) is 0 Å². The molecule has 0 atom stereocenters. The van der Waals surface area contributed by atoms with Gasteiger partial charge in [0, 0.05) is 36.6 Å². The molecular weight excluding hydrogens is 350 g/mol. The van der Waals surface area contributed by atoms with E-state index in [1.165, 1.54) is 0 Å². The second kappa shape index (κ2) is 8.06. The van der Waals surface area contributed by atoms with Crippen LogP contribution in [0.25, 0.3) is 0 Å². The molecule has 1 aliphatic rings. The molecule has 2 heterocycles. The van der Waals surface area contributed by atoms with Gasteiger partial charge in [0.05, 0.1) is 12.2 Å². The summed E-state index contributed by atoms with van der Waals surface area (Å²) in [5.41, 5.74) is 1.82. The minimum Gasteiger partial charge on any atom is -1.00 e. The number of carbonyl (C=O) groups excluding carboxylic acids is 1. The normalized spacial score (nSPS) is 12.3. The molecule has 1 amide bonds. The smallest absolute Gasteiger partial charge is 0.232 e. The van der Waals surface area contributed by atoms with Crippen LogP contribution in [0.5, 0.6) is 11.5 Å². The molecule has 134 valence electrons. The van der Waals surface area contributed by atoms with Crippen LogP contribution in [0, 0.1) is 0 Å². The lowest BCUT2D eigenvalue weighted by atomic mass is 9.87. The molecule has 0 unspecified atom stereocenters. The number of imidazole rings is 1. The molecule has 0 saturated carbocycles. The summed E-state index contributed by atoms with van der Waals surface area (Å²) in [6, 6.07) is 15.5. The molecule has 0 fully saturated rings. The fraction of sp³-hybridized carbons (Fsp3) is 0.200. The van der Waals surface area contributed by atoms with Crippen molar-refractivity contribution in [3.63, 3.8) is 0 Å². The zero-order valence-corrected chi connectivity index (χ0v) is 14.9. The number of nitrogens with one attached hydrogen (secondary N) is 1. The number of para-hydroxylation sites is 2. The van der Waals surface area contributed by atoms with Gasteiger partial charge in [-0.3, -0.25) is 4.79 Å². The molecule has 0 aliphatic carbocycles. The molecule has 1 N–H and O–H groups in total. The maximum Gasteiger partial charge on any atom is 0.232 e. The second-order valence-electron chi connectivity index (χ2n) is 6.06. The summed E-state index contributed by atoms with van der Waals surface area (Å²) in [6.45, 7) is 1.46. The minimum atomic E-state index is -0.339. The van der Waals surface area contributed by atoms with E-state index in [1.54, 1.807) is 12.5 Å². The number of carbonyl (C=O) groups is 1. The molecule has 5 nitrogen and oxygen atoms in total. The summed E-state index contributed by atoms with van der Waals surface area (Å²) in [5, 5.41) is 3.07. The zero-order chi connectivity index (χ0) is 17.1. The van der Waals surface area contributed by atoms with E-state index in [4.69, 9.17) is 4.74 Å². The number of aromatic nitrogens is 2. The molecule has 2 aromatic carbocycles. The van der Waals surface area contributed by atoms with Gasteiger partial charge in [0.2, 0.25) is 5.91 Å². The van der Waals surface area contributed by atoms with Crippen LogP contribution < -0.4 is 22.5 Å². The fourth-order valence-electron chi connectivity index (χ4n) is 3.19. The summed E-state index contributed by atoms with van der Waals surface area (Å²) >= 11 is 0. The highest BCUT2D eigenvalue weighted by Crippen LogP contribution is 2.43. The van der Waals surface area contributed by atoms with Gasteiger partial charge in [-0.1, -0.05) is 36.4 Å². The molecule has 1 aromatic heterocycles. The number of fused-ring (bicyclic) bond motifs is 2. The van der Waals surface area contributed by atoms with E-state index in [1.807, 2.05) is 59.3 Å². The van der Waals surface area contributed by atoms with E-state index < -0.39 is 0 Å². The molecule has 1 aliphatic heterocycles. The van der Waals surface area contributed by atoms with E-state index in [9.17, 15) is 4.79 Å². The first-order valence-corrected chi connectivity index (χ1v) is 8.42. The van der Waals surface area contributed by atoms with Crippen molar-refractivity contribution < 1.29 is 21.9 Å². The molecule has 0 bridgehead atoms. The van der Waals surface area contributed by atoms with Crippen molar-refractivity contribution in [2.75, 3.05) is 6.54 Å². The Hall–Kier alpha value is -2.79. The van der Waals surface area contributed by atoms with Gasteiger partial charge in [0.15, 0.2) is 0 Å². The van der Waals surface area contributed by atoms with E-state index in [0.717, 1.165) is 35.6 Å². The number of ether oxygens (including phenoxy) is 1. The Morgan fingerprint density at radius 2 is 1.73 bits per heavy atom. The van der Waals surface area contributed by atoms with E-state index in [0.29, 0.717) is 6.54 Å². The highest BCUT2D eigenvalue weighted by atomic mass is 35.5. The average Bonchev–Trinajstić information content (AvgIpc) is 3.16. The van der Waals surface area contributed by atoms with Gasteiger partial charge in [0.1, 0.15) is 11.5 Å². The Kier molecular flexibility index (Phi) is 5.58. The third-order valence-electron chi connectivity index (χ3n) is 4.39. The number of rotatable bonds is 5. The highest BCUT2D eigenvalue weighted by Gasteiger charge is 2.31. The van der Waals surface area contributed by atoms with Crippen LogP contribution in [0.2, 0.25) is 0 Å². The number of amides is 1. The van der Waals surface area contributed by atoms with Gasteiger partial charge in [-0.05, 0) is 18.6 Å². The number of halogens is 1. The van der Waals surface area contributed by atoms with Crippen LogP contribution in [0.3, 0.4) is 0 Å². The van der Waals surface area contributed by atoms with Crippen LogP contribution in [-0.4, -0.2) is 22.0 Å². The largest absolute Gasteiger partial charge is 1.00 e. The molecule has 0 saturated heterocycles. The topological polar surface area (TPSA) is 56.2 Å². The maximum absolute atomic E-state index is 12.9. The quantitative estimate of drug-likeness (QED) is 0.660. The number of hydrogen-bond acceptors (Lipinski definition) is 3. The Morgan fingerprint density at radius 1 is 1.08 bits per heavy atom. The second-order valence-corrected chi connectivity index (χ2v) is 6.06. The van der Waals surface area contributed by atoms with E-state index in [2.05, 4.69) is 10.3 Å². The monoisotopic (exact) mass is 368 g/mol. The summed E-state index contributed by atoms with van der Waals surface area (Å²) in [7, 11) is 0. The van der Waals surface area contributed by atoms with Crippen molar-refractivity contribution in [1.82, 2.24) is 14.9 Å². The SMILES string of the molecule is O=C(NCCCn1ccnc1)C1c2ccccc2Oc2ccccc21.[Cl-]. The maximum atomic E-state index is 12.9. The Labute approximate surface area is 158 Å². The number of hydrogen-bond donors (Lipinski definition) is 1. The zero-order valence-electron chi connectivity index (χ0n) is 14.1. The number of aryl methyl sites for hydroxylation is 1. The van der Waals surface area contributed by atoms with Crippen molar-refractivity contribution in [2.45, 2.75) is 18.9 Å².